The van der Waals surface area contributed by atoms with Gasteiger partial charge in [0.2, 0.25) is 10.0 Å². The van der Waals surface area contributed by atoms with E-state index in [2.05, 4.69) is 26.1 Å². The highest BCUT2D eigenvalue weighted by Gasteiger charge is 2.31. The second kappa shape index (κ2) is 8.46. The topological polar surface area (TPSA) is 58.6 Å². The first-order valence-corrected chi connectivity index (χ1v) is 9.85. The number of nitrogens with one attached hydrogen (secondary N) is 1. The van der Waals surface area contributed by atoms with E-state index in [0.29, 0.717) is 24.9 Å². The Kier molecular flexibility index (Phi) is 7.60. The van der Waals surface area contributed by atoms with Crippen LogP contribution in [-0.4, -0.2) is 57.9 Å². The zero-order valence-corrected chi connectivity index (χ0v) is 14.9. The summed E-state index contributed by atoms with van der Waals surface area (Å²) >= 11 is 0. The predicted molar refractivity (Wildman–Crippen MR) is 86.9 cm³/mol. The van der Waals surface area contributed by atoms with Crippen molar-refractivity contribution in [1.82, 2.24) is 9.62 Å². The van der Waals surface area contributed by atoms with E-state index in [4.69, 9.17) is 4.74 Å². The lowest BCUT2D eigenvalue weighted by molar-refractivity contribution is 0.0236. The summed E-state index contributed by atoms with van der Waals surface area (Å²) in [6, 6.07) is 0.282. The van der Waals surface area contributed by atoms with Crippen molar-refractivity contribution in [2.75, 3.05) is 33.0 Å². The fourth-order valence-corrected chi connectivity index (χ4v) is 4.32. The third-order valence-corrected chi connectivity index (χ3v) is 5.60. The van der Waals surface area contributed by atoms with Crippen LogP contribution in [0.25, 0.3) is 0 Å². The van der Waals surface area contributed by atoms with Crippen LogP contribution in [0, 0.1) is 11.8 Å². The molecule has 6 heteroatoms. The molecule has 1 saturated heterocycles. The first-order chi connectivity index (χ1) is 9.79. The fraction of sp³-hybridized carbons (Fsp3) is 1.00. The monoisotopic (exact) mass is 320 g/mol. The molecule has 0 aromatic carbocycles. The zero-order valence-electron chi connectivity index (χ0n) is 14.1. The molecule has 1 N–H and O–H groups in total. The van der Waals surface area contributed by atoms with E-state index in [9.17, 15) is 8.42 Å². The Labute approximate surface area is 130 Å². The number of likely N-dealkylation sites (N-methyl/N-ethyl adjacent to an activating group) is 1. The molecule has 1 heterocycles. The van der Waals surface area contributed by atoms with Crippen LogP contribution in [0.1, 0.15) is 40.0 Å². The molecule has 3 unspecified atom stereocenters. The molecular weight excluding hydrogens is 288 g/mol. The molecule has 5 nitrogen and oxygen atoms in total. The van der Waals surface area contributed by atoms with Crippen molar-refractivity contribution in [2.24, 2.45) is 11.8 Å². The van der Waals surface area contributed by atoms with Gasteiger partial charge in [0, 0.05) is 26.2 Å². The van der Waals surface area contributed by atoms with Gasteiger partial charge in [0.15, 0.2) is 0 Å². The Hall–Kier alpha value is -0.170. The van der Waals surface area contributed by atoms with Crippen LogP contribution >= 0.6 is 0 Å². The maximum atomic E-state index is 11.7. The summed E-state index contributed by atoms with van der Waals surface area (Å²) in [5, 5.41) is 3.52. The highest BCUT2D eigenvalue weighted by molar-refractivity contribution is 7.88. The average Bonchev–Trinajstić information content (AvgIpc) is 2.38. The number of sulfonamides is 1. The number of rotatable bonds is 8. The molecule has 0 radical (unpaired) electrons. The van der Waals surface area contributed by atoms with Crippen molar-refractivity contribution >= 4 is 10.0 Å². The lowest BCUT2D eigenvalue weighted by Crippen LogP contribution is -2.47. The van der Waals surface area contributed by atoms with Crippen LogP contribution in [-0.2, 0) is 14.8 Å². The summed E-state index contributed by atoms with van der Waals surface area (Å²) in [5.41, 5.74) is 0. The number of piperidine rings is 1. The molecular formula is C15H32N2O3S. The summed E-state index contributed by atoms with van der Waals surface area (Å²) in [6.07, 6.45) is 4.50. The van der Waals surface area contributed by atoms with E-state index >= 15 is 0 Å². The van der Waals surface area contributed by atoms with Gasteiger partial charge >= 0.3 is 0 Å². The molecule has 0 aromatic rings. The molecule has 0 amide bonds. The molecule has 0 aliphatic carbocycles. The Balaban J connectivity index is 2.70. The normalized spacial score (nSPS) is 24.2. The van der Waals surface area contributed by atoms with E-state index in [1.165, 1.54) is 6.26 Å². The van der Waals surface area contributed by atoms with Crippen LogP contribution in [0.15, 0.2) is 0 Å². The molecule has 1 fully saturated rings. The van der Waals surface area contributed by atoms with E-state index in [1.54, 1.807) is 11.4 Å². The van der Waals surface area contributed by atoms with Gasteiger partial charge in [-0.15, -0.1) is 0 Å². The number of hydrogen-bond acceptors (Lipinski definition) is 4. The number of ether oxygens (including phenoxy) is 1. The molecule has 21 heavy (non-hydrogen) atoms. The molecule has 0 saturated carbocycles. The van der Waals surface area contributed by atoms with Gasteiger partial charge in [0.05, 0.1) is 12.4 Å². The standard InChI is InChI=1S/C15H32N2O3S/c1-6-16-14(15(20-4)12(2)3)10-13-8-7-9-17(11-13)21(5,18)19/h12-16H,6-11H2,1-5H3. The van der Waals surface area contributed by atoms with Gasteiger partial charge < -0.3 is 10.1 Å². The van der Waals surface area contributed by atoms with Crippen molar-refractivity contribution in [3.8, 4) is 0 Å². The van der Waals surface area contributed by atoms with E-state index in [1.807, 2.05) is 0 Å². The summed E-state index contributed by atoms with van der Waals surface area (Å²) in [6.45, 7) is 8.65. The maximum absolute atomic E-state index is 11.7. The van der Waals surface area contributed by atoms with Crippen molar-refractivity contribution < 1.29 is 13.2 Å². The van der Waals surface area contributed by atoms with Crippen molar-refractivity contribution in [1.29, 1.82) is 0 Å². The lowest BCUT2D eigenvalue weighted by atomic mass is 9.87. The summed E-state index contributed by atoms with van der Waals surface area (Å²) in [4.78, 5) is 0. The summed E-state index contributed by atoms with van der Waals surface area (Å²) in [5.74, 6) is 0.850. The maximum Gasteiger partial charge on any atom is 0.211 e. The molecule has 126 valence electrons. The highest BCUT2D eigenvalue weighted by Crippen LogP contribution is 2.25. The Morgan fingerprint density at radius 1 is 1.38 bits per heavy atom. The number of hydrogen-bond donors (Lipinski definition) is 1. The first kappa shape index (κ1) is 18.9. The molecule has 1 rings (SSSR count). The average molecular weight is 320 g/mol. The van der Waals surface area contributed by atoms with Gasteiger partial charge in [-0.1, -0.05) is 20.8 Å². The van der Waals surface area contributed by atoms with Crippen LogP contribution < -0.4 is 5.32 Å². The lowest BCUT2D eigenvalue weighted by Gasteiger charge is -2.36. The van der Waals surface area contributed by atoms with E-state index in [0.717, 1.165) is 25.8 Å². The molecule has 0 spiro atoms. The number of nitrogens with zero attached hydrogens (tertiary/aromatic N) is 1. The molecule has 1 aliphatic heterocycles. The van der Waals surface area contributed by atoms with Crippen LogP contribution in [0.4, 0.5) is 0 Å². The third kappa shape index (κ3) is 5.85. The minimum absolute atomic E-state index is 0.165. The quantitative estimate of drug-likeness (QED) is 0.739. The fourth-order valence-electron chi connectivity index (χ4n) is 3.38. The number of methoxy groups -OCH3 is 1. The molecule has 0 bridgehead atoms. The highest BCUT2D eigenvalue weighted by atomic mass is 32.2. The van der Waals surface area contributed by atoms with Gasteiger partial charge in [-0.25, -0.2) is 12.7 Å². The second-order valence-electron chi connectivity index (χ2n) is 6.47. The van der Waals surface area contributed by atoms with Crippen LogP contribution in [0.3, 0.4) is 0 Å². The van der Waals surface area contributed by atoms with Gasteiger partial charge in [0.25, 0.3) is 0 Å². The Morgan fingerprint density at radius 2 is 2.05 bits per heavy atom. The molecule has 1 aliphatic rings. The minimum atomic E-state index is -3.07. The SMILES string of the molecule is CCNC(CC1CCCN(S(C)(=O)=O)C1)C(OC)C(C)C. The van der Waals surface area contributed by atoms with Crippen molar-refractivity contribution in [3.63, 3.8) is 0 Å². The van der Waals surface area contributed by atoms with E-state index in [-0.39, 0.29) is 12.1 Å². The van der Waals surface area contributed by atoms with Gasteiger partial charge in [-0.05, 0) is 37.6 Å². The predicted octanol–water partition coefficient (Wildman–Crippen LogP) is 1.70. The van der Waals surface area contributed by atoms with Gasteiger partial charge in [-0.3, -0.25) is 0 Å². The minimum Gasteiger partial charge on any atom is -0.380 e. The van der Waals surface area contributed by atoms with Crippen molar-refractivity contribution in [3.05, 3.63) is 0 Å². The van der Waals surface area contributed by atoms with Crippen molar-refractivity contribution in [2.45, 2.75) is 52.2 Å². The van der Waals surface area contributed by atoms with Gasteiger partial charge in [0.1, 0.15) is 0 Å². The van der Waals surface area contributed by atoms with E-state index < -0.39 is 10.0 Å². The molecule has 3 atom stereocenters. The summed E-state index contributed by atoms with van der Waals surface area (Å²) < 4.78 is 30.7. The Bertz CT molecular complexity index is 398. The largest absolute Gasteiger partial charge is 0.380 e. The van der Waals surface area contributed by atoms with Crippen LogP contribution in [0.5, 0.6) is 0 Å². The van der Waals surface area contributed by atoms with Crippen LogP contribution in [0.2, 0.25) is 0 Å². The van der Waals surface area contributed by atoms with Gasteiger partial charge in [-0.2, -0.15) is 0 Å². The second-order valence-corrected chi connectivity index (χ2v) is 8.46. The third-order valence-electron chi connectivity index (χ3n) is 4.33. The first-order valence-electron chi connectivity index (χ1n) is 8.00. The smallest absolute Gasteiger partial charge is 0.211 e. The molecule has 0 aromatic heterocycles. The summed E-state index contributed by atoms with van der Waals surface area (Å²) in [7, 11) is -1.30. The zero-order chi connectivity index (χ0) is 16.0. The Morgan fingerprint density at radius 3 is 2.52 bits per heavy atom.